The van der Waals surface area contributed by atoms with E-state index in [4.69, 9.17) is 0 Å². The first-order chi connectivity index (χ1) is 15.1. The molecule has 1 atom stereocenters. The Balaban J connectivity index is 1.65. The molecule has 0 saturated heterocycles. The number of halogens is 3. The number of anilines is 2. The molecule has 4 rings (SSSR count). The van der Waals surface area contributed by atoms with Gasteiger partial charge in [-0.3, -0.25) is 19.3 Å². The largest absolute Gasteiger partial charge is 0.416 e. The van der Waals surface area contributed by atoms with Gasteiger partial charge in [0.05, 0.1) is 23.5 Å². The Labute approximate surface area is 181 Å². The third-order valence-electron chi connectivity index (χ3n) is 5.35. The van der Waals surface area contributed by atoms with Crippen molar-refractivity contribution in [1.29, 1.82) is 0 Å². The quantitative estimate of drug-likeness (QED) is 0.651. The summed E-state index contributed by atoms with van der Waals surface area (Å²) in [5.74, 6) is -0.866. The Morgan fingerprint density at radius 2 is 1.84 bits per heavy atom. The first-order valence-electron chi connectivity index (χ1n) is 9.87. The van der Waals surface area contributed by atoms with Gasteiger partial charge in [-0.15, -0.1) is 0 Å². The number of fused-ring (bicyclic) bond motifs is 1. The maximum atomic E-state index is 13.2. The molecule has 10 heteroatoms. The van der Waals surface area contributed by atoms with Crippen LogP contribution in [0, 0.1) is 13.8 Å². The molecular weight excluding hydrogens is 423 g/mol. The number of hydrogen-bond donors (Lipinski definition) is 1. The summed E-state index contributed by atoms with van der Waals surface area (Å²) in [4.78, 5) is 31.6. The summed E-state index contributed by atoms with van der Waals surface area (Å²) in [6.45, 7) is 5.59. The monoisotopic (exact) mass is 443 g/mol. The van der Waals surface area contributed by atoms with Crippen LogP contribution in [0.4, 0.5) is 24.5 Å². The summed E-state index contributed by atoms with van der Waals surface area (Å²) in [5, 5.41) is 6.98. The van der Waals surface area contributed by atoms with E-state index in [-0.39, 0.29) is 24.0 Å². The summed E-state index contributed by atoms with van der Waals surface area (Å²) < 4.78 is 40.2. The summed E-state index contributed by atoms with van der Waals surface area (Å²) in [6, 6.07) is 5.81. The molecule has 7 nitrogen and oxygen atoms in total. The van der Waals surface area contributed by atoms with Crippen LogP contribution >= 0.6 is 0 Å². The minimum absolute atomic E-state index is 0.167. The number of benzene rings is 1. The van der Waals surface area contributed by atoms with Crippen LogP contribution in [0.2, 0.25) is 0 Å². The fourth-order valence-corrected chi connectivity index (χ4v) is 3.67. The van der Waals surface area contributed by atoms with Crippen LogP contribution in [-0.4, -0.2) is 33.1 Å². The van der Waals surface area contributed by atoms with Gasteiger partial charge < -0.3 is 10.2 Å². The summed E-state index contributed by atoms with van der Waals surface area (Å²) in [7, 11) is 0. The minimum atomic E-state index is -4.46. The topological polar surface area (TPSA) is 80.1 Å². The zero-order chi connectivity index (χ0) is 23.2. The normalized spacial score (nSPS) is 16.1. The predicted octanol–water partition coefficient (Wildman–Crippen LogP) is 4.39. The smallest absolute Gasteiger partial charge is 0.319 e. The number of aryl methyl sites for hydroxylation is 2. The standard InChI is InChI=1S/C22H20F3N5O2/c1-12-9-26-13(2)8-17(12)20(31)28-18-10-27-30-14(3)11-29(21(32)19(18)30)16-6-4-15(5-7-16)22(23,24)25/h4-10,14H,11H2,1-3H3,(H,28,31)/t14-/m0/s1. The molecule has 0 unspecified atom stereocenters. The van der Waals surface area contributed by atoms with E-state index < -0.39 is 23.6 Å². The molecule has 1 aliphatic rings. The van der Waals surface area contributed by atoms with Crippen LogP contribution in [0.5, 0.6) is 0 Å². The third kappa shape index (κ3) is 3.83. The van der Waals surface area contributed by atoms with Crippen molar-refractivity contribution >= 4 is 23.2 Å². The molecule has 2 aromatic heterocycles. The van der Waals surface area contributed by atoms with E-state index in [1.807, 2.05) is 6.92 Å². The van der Waals surface area contributed by atoms with Gasteiger partial charge in [-0.05, 0) is 56.7 Å². The molecule has 3 heterocycles. The molecule has 1 aliphatic heterocycles. The van der Waals surface area contributed by atoms with Crippen LogP contribution < -0.4 is 10.2 Å². The second-order valence-corrected chi connectivity index (χ2v) is 7.76. The number of carbonyl (C=O) groups is 2. The number of carbonyl (C=O) groups excluding carboxylic acids is 2. The minimum Gasteiger partial charge on any atom is -0.319 e. The van der Waals surface area contributed by atoms with Crippen LogP contribution in [0.15, 0.2) is 42.7 Å². The lowest BCUT2D eigenvalue weighted by Gasteiger charge is -2.32. The van der Waals surface area contributed by atoms with Crippen molar-refractivity contribution in [3.63, 3.8) is 0 Å². The second-order valence-electron chi connectivity index (χ2n) is 7.76. The van der Waals surface area contributed by atoms with Crippen LogP contribution in [0.3, 0.4) is 0 Å². The zero-order valence-electron chi connectivity index (χ0n) is 17.6. The maximum Gasteiger partial charge on any atom is 0.416 e. The van der Waals surface area contributed by atoms with Gasteiger partial charge in [0.15, 0.2) is 5.69 Å². The van der Waals surface area contributed by atoms with E-state index in [2.05, 4.69) is 15.4 Å². The van der Waals surface area contributed by atoms with Crippen molar-refractivity contribution in [3.8, 4) is 0 Å². The first kappa shape index (κ1) is 21.5. The molecule has 0 spiro atoms. The Kier molecular flexibility index (Phi) is 5.23. The van der Waals surface area contributed by atoms with Gasteiger partial charge in [0.25, 0.3) is 11.8 Å². The number of pyridine rings is 1. The number of alkyl halides is 3. The van der Waals surface area contributed by atoms with Gasteiger partial charge in [-0.25, -0.2) is 0 Å². The van der Waals surface area contributed by atoms with Gasteiger partial charge in [-0.1, -0.05) is 0 Å². The van der Waals surface area contributed by atoms with Crippen molar-refractivity contribution in [2.75, 3.05) is 16.8 Å². The van der Waals surface area contributed by atoms with Crippen molar-refractivity contribution in [2.45, 2.75) is 33.0 Å². The van der Waals surface area contributed by atoms with E-state index in [9.17, 15) is 22.8 Å². The molecule has 0 bridgehead atoms. The van der Waals surface area contributed by atoms with Gasteiger partial charge in [0.2, 0.25) is 0 Å². The lowest BCUT2D eigenvalue weighted by molar-refractivity contribution is -0.137. The number of amides is 2. The Morgan fingerprint density at radius 1 is 1.16 bits per heavy atom. The lowest BCUT2D eigenvalue weighted by Crippen LogP contribution is -2.43. The average Bonchev–Trinajstić information content (AvgIpc) is 3.16. The molecule has 0 radical (unpaired) electrons. The lowest BCUT2D eigenvalue weighted by atomic mass is 10.1. The Morgan fingerprint density at radius 3 is 2.50 bits per heavy atom. The van der Waals surface area contributed by atoms with E-state index in [0.717, 1.165) is 12.1 Å². The number of nitrogens with zero attached hydrogens (tertiary/aromatic N) is 4. The highest BCUT2D eigenvalue weighted by Crippen LogP contribution is 2.33. The van der Waals surface area contributed by atoms with E-state index in [1.165, 1.54) is 27.9 Å². The molecule has 2 amide bonds. The number of aromatic nitrogens is 3. The molecule has 0 fully saturated rings. The summed E-state index contributed by atoms with van der Waals surface area (Å²) in [5.41, 5.74) is 1.72. The van der Waals surface area contributed by atoms with Gasteiger partial charge in [-0.2, -0.15) is 18.3 Å². The predicted molar refractivity (Wildman–Crippen MR) is 112 cm³/mol. The van der Waals surface area contributed by atoms with Crippen LogP contribution in [0.1, 0.15) is 50.6 Å². The molecule has 1 aromatic carbocycles. The van der Waals surface area contributed by atoms with Crippen LogP contribution in [-0.2, 0) is 6.18 Å². The zero-order valence-corrected chi connectivity index (χ0v) is 17.6. The molecule has 166 valence electrons. The van der Waals surface area contributed by atoms with Crippen molar-refractivity contribution in [2.24, 2.45) is 0 Å². The van der Waals surface area contributed by atoms with E-state index in [0.29, 0.717) is 22.5 Å². The number of rotatable bonds is 3. The van der Waals surface area contributed by atoms with Gasteiger partial charge in [0, 0.05) is 29.7 Å². The molecule has 32 heavy (non-hydrogen) atoms. The Hall–Kier alpha value is -3.69. The maximum absolute atomic E-state index is 13.2. The van der Waals surface area contributed by atoms with Gasteiger partial charge in [0.1, 0.15) is 0 Å². The van der Waals surface area contributed by atoms with Crippen molar-refractivity contribution in [1.82, 2.24) is 14.8 Å². The molecular formula is C22H20F3N5O2. The van der Waals surface area contributed by atoms with E-state index >= 15 is 0 Å². The highest BCUT2D eigenvalue weighted by atomic mass is 19.4. The molecule has 0 aliphatic carbocycles. The fourth-order valence-electron chi connectivity index (χ4n) is 3.67. The summed E-state index contributed by atoms with van der Waals surface area (Å²) in [6.07, 6.45) is -1.46. The first-order valence-corrected chi connectivity index (χ1v) is 9.87. The highest BCUT2D eigenvalue weighted by Gasteiger charge is 2.35. The van der Waals surface area contributed by atoms with Crippen LogP contribution in [0.25, 0.3) is 0 Å². The average molecular weight is 443 g/mol. The molecule has 1 N–H and O–H groups in total. The van der Waals surface area contributed by atoms with E-state index in [1.54, 1.807) is 26.1 Å². The molecule has 0 saturated carbocycles. The van der Waals surface area contributed by atoms with Gasteiger partial charge >= 0.3 is 6.18 Å². The number of nitrogens with one attached hydrogen (secondary N) is 1. The molecule has 3 aromatic rings. The third-order valence-corrected chi connectivity index (χ3v) is 5.35. The van der Waals surface area contributed by atoms with Crippen molar-refractivity contribution in [3.05, 3.63) is 70.8 Å². The number of hydrogen-bond acceptors (Lipinski definition) is 4. The Bertz CT molecular complexity index is 1200. The second kappa shape index (κ2) is 7.77. The fraction of sp³-hybridized carbons (Fsp3) is 0.273. The highest BCUT2D eigenvalue weighted by molar-refractivity contribution is 6.13. The van der Waals surface area contributed by atoms with Crippen molar-refractivity contribution < 1.29 is 22.8 Å². The summed E-state index contributed by atoms with van der Waals surface area (Å²) >= 11 is 0. The SMILES string of the molecule is Cc1cc(C(=O)Nc2cnn3c2C(=O)N(c2ccc(C(F)(F)F)cc2)C[C@@H]3C)c(C)cn1.